The number of nitrogens with one attached hydrogen (secondary N) is 1. The third kappa shape index (κ3) is 6.78. The molecule has 0 fully saturated rings. The molecule has 1 N–H and O–H groups in total. The van der Waals surface area contributed by atoms with E-state index in [4.69, 9.17) is 4.74 Å². The lowest BCUT2D eigenvalue weighted by Crippen LogP contribution is -2.27. The minimum absolute atomic E-state index is 0.00492. The van der Waals surface area contributed by atoms with Crippen LogP contribution in [0.25, 0.3) is 0 Å². The Balaban J connectivity index is 2.94. The van der Waals surface area contributed by atoms with Gasteiger partial charge in [-0.3, -0.25) is 9.79 Å². The van der Waals surface area contributed by atoms with E-state index in [0.29, 0.717) is 12.0 Å². The van der Waals surface area contributed by atoms with E-state index in [0.717, 1.165) is 31.1 Å². The summed E-state index contributed by atoms with van der Waals surface area (Å²) in [5.74, 6) is -0.740. The Kier molecular flexibility index (Phi) is 9.95. The summed E-state index contributed by atoms with van der Waals surface area (Å²) >= 11 is 4.15. The number of esters is 1. The molecule has 1 aromatic carbocycles. The molecular formula is C19H27FN2O3S. The van der Waals surface area contributed by atoms with Gasteiger partial charge in [-0.05, 0) is 69.2 Å². The maximum absolute atomic E-state index is 13.7. The van der Waals surface area contributed by atoms with E-state index in [1.165, 1.54) is 6.07 Å². The van der Waals surface area contributed by atoms with Crippen molar-refractivity contribution >= 4 is 36.4 Å². The molecule has 1 rings (SSSR count). The molecule has 0 radical (unpaired) electrons. The van der Waals surface area contributed by atoms with Crippen LogP contribution in [-0.4, -0.2) is 36.5 Å². The first-order valence-electron chi connectivity index (χ1n) is 8.85. The van der Waals surface area contributed by atoms with Crippen molar-refractivity contribution < 1.29 is 18.7 Å². The summed E-state index contributed by atoms with van der Waals surface area (Å²) < 4.78 is 18.6. The number of anilines is 1. The van der Waals surface area contributed by atoms with Crippen LogP contribution in [0.5, 0.6) is 0 Å². The van der Waals surface area contributed by atoms with Gasteiger partial charge in [0, 0.05) is 0 Å². The molecule has 26 heavy (non-hydrogen) atoms. The van der Waals surface area contributed by atoms with Crippen molar-refractivity contribution in [2.75, 3.05) is 17.7 Å². The Labute approximate surface area is 159 Å². The van der Waals surface area contributed by atoms with Crippen LogP contribution in [0.2, 0.25) is 0 Å². The molecule has 1 aromatic rings. The third-order valence-electron chi connectivity index (χ3n) is 3.76. The van der Waals surface area contributed by atoms with Crippen molar-refractivity contribution in [3.05, 3.63) is 29.1 Å². The van der Waals surface area contributed by atoms with E-state index in [-0.39, 0.29) is 23.8 Å². The van der Waals surface area contributed by atoms with Gasteiger partial charge in [0.25, 0.3) is 0 Å². The number of carbonyl (C=O) groups excluding carboxylic acids is 2. The molecule has 0 heterocycles. The smallest absolute Gasteiger partial charge is 0.340 e. The number of ether oxygens (including phenoxy) is 1. The van der Waals surface area contributed by atoms with Gasteiger partial charge in [-0.25, -0.2) is 9.18 Å². The van der Waals surface area contributed by atoms with Crippen molar-refractivity contribution in [2.24, 2.45) is 4.99 Å². The molecule has 0 aliphatic heterocycles. The van der Waals surface area contributed by atoms with E-state index in [9.17, 15) is 14.0 Å². The first-order valence-corrected chi connectivity index (χ1v) is 9.48. The summed E-state index contributed by atoms with van der Waals surface area (Å²) in [5, 5.41) is 2.72. The molecule has 0 bridgehead atoms. The molecule has 0 spiro atoms. The predicted molar refractivity (Wildman–Crippen MR) is 106 cm³/mol. The average molecular weight is 383 g/mol. The van der Waals surface area contributed by atoms with Gasteiger partial charge in [0.15, 0.2) is 0 Å². The van der Waals surface area contributed by atoms with Gasteiger partial charge in [0.1, 0.15) is 11.9 Å². The highest BCUT2D eigenvalue weighted by Crippen LogP contribution is 2.24. The summed E-state index contributed by atoms with van der Waals surface area (Å²) in [7, 11) is 0. The van der Waals surface area contributed by atoms with Crippen molar-refractivity contribution in [3.8, 4) is 0 Å². The van der Waals surface area contributed by atoms with Gasteiger partial charge in [-0.1, -0.05) is 6.92 Å². The fraction of sp³-hybridized carbons (Fsp3) is 0.526. The topological polar surface area (TPSA) is 67.8 Å². The molecule has 144 valence electrons. The van der Waals surface area contributed by atoms with Crippen LogP contribution in [0.1, 0.15) is 55.5 Å². The Bertz CT molecular complexity index is 650. The molecule has 1 atom stereocenters. The van der Waals surface area contributed by atoms with E-state index in [1.54, 1.807) is 20.1 Å². The number of carbonyl (C=O) groups is 2. The summed E-state index contributed by atoms with van der Waals surface area (Å²) in [6, 6.07) is 1.77. The molecule has 0 aliphatic rings. The number of rotatable bonds is 10. The number of nitrogens with zero attached hydrogens (tertiary/aromatic N) is 1. The van der Waals surface area contributed by atoms with Crippen LogP contribution in [0, 0.1) is 12.7 Å². The number of aliphatic imine (C=N–C) groups is 1. The minimum Gasteiger partial charge on any atom is -0.462 e. The Morgan fingerprint density at radius 1 is 1.35 bits per heavy atom. The highest BCUT2D eigenvalue weighted by Gasteiger charge is 2.21. The van der Waals surface area contributed by atoms with Crippen LogP contribution in [0.15, 0.2) is 17.1 Å². The molecule has 1 amide bonds. The van der Waals surface area contributed by atoms with Gasteiger partial charge in [0.05, 0.1) is 17.9 Å². The zero-order valence-corrected chi connectivity index (χ0v) is 16.4. The largest absolute Gasteiger partial charge is 0.462 e. The van der Waals surface area contributed by atoms with Gasteiger partial charge in [0.2, 0.25) is 5.91 Å². The molecule has 7 heteroatoms. The Morgan fingerprint density at radius 2 is 2.08 bits per heavy atom. The van der Waals surface area contributed by atoms with Gasteiger partial charge in [-0.15, -0.1) is 0 Å². The summed E-state index contributed by atoms with van der Waals surface area (Å²) in [4.78, 5) is 29.0. The zero-order valence-electron chi connectivity index (χ0n) is 15.5. The molecule has 5 nitrogen and oxygen atoms in total. The number of thiol groups is 1. The van der Waals surface area contributed by atoms with Crippen LogP contribution < -0.4 is 5.32 Å². The van der Waals surface area contributed by atoms with Crippen molar-refractivity contribution in [1.82, 2.24) is 0 Å². The second kappa shape index (κ2) is 11.7. The van der Waals surface area contributed by atoms with Crippen LogP contribution >= 0.6 is 12.6 Å². The standard InChI is InChI=1S/C19H27FN2O3S/c1-4-16(21-9-7-6-8-10-26)18(23)22-17-13(3)11-14(20)12-15(17)19(24)25-5-2/h9,11-12,16,26H,4-8,10H2,1-3H3,(H,22,23). The molecule has 0 saturated carbocycles. The SMILES string of the molecule is CCOC(=O)c1cc(F)cc(C)c1NC(=O)C(CC)N=CCCCCS. The number of benzene rings is 1. The fourth-order valence-corrected chi connectivity index (χ4v) is 2.62. The lowest BCUT2D eigenvalue weighted by atomic mass is 10.1. The number of unbranched alkanes of at least 4 members (excludes halogenated alkanes) is 2. The third-order valence-corrected chi connectivity index (χ3v) is 4.08. The normalized spacial score (nSPS) is 12.2. The van der Waals surface area contributed by atoms with Gasteiger partial charge >= 0.3 is 5.97 Å². The van der Waals surface area contributed by atoms with E-state index >= 15 is 0 Å². The average Bonchev–Trinajstić information content (AvgIpc) is 2.60. The fourth-order valence-electron chi connectivity index (χ4n) is 2.39. The van der Waals surface area contributed by atoms with Crippen LogP contribution in [0.3, 0.4) is 0 Å². The van der Waals surface area contributed by atoms with Crippen LogP contribution in [0.4, 0.5) is 10.1 Å². The monoisotopic (exact) mass is 382 g/mol. The second-order valence-electron chi connectivity index (χ2n) is 5.83. The lowest BCUT2D eigenvalue weighted by molar-refractivity contribution is -0.117. The molecule has 0 saturated heterocycles. The summed E-state index contributed by atoms with van der Waals surface area (Å²) in [6.07, 6.45) is 5.02. The van der Waals surface area contributed by atoms with Crippen LogP contribution in [-0.2, 0) is 9.53 Å². The number of hydrogen-bond acceptors (Lipinski definition) is 5. The molecule has 0 aliphatic carbocycles. The highest BCUT2D eigenvalue weighted by molar-refractivity contribution is 7.80. The molecule has 1 unspecified atom stereocenters. The highest BCUT2D eigenvalue weighted by atomic mass is 32.1. The molecule has 0 aromatic heterocycles. The van der Waals surface area contributed by atoms with Gasteiger partial charge < -0.3 is 10.1 Å². The number of amides is 1. The van der Waals surface area contributed by atoms with Crippen molar-refractivity contribution in [2.45, 2.75) is 52.5 Å². The van der Waals surface area contributed by atoms with Crippen molar-refractivity contribution in [3.63, 3.8) is 0 Å². The van der Waals surface area contributed by atoms with E-state index < -0.39 is 17.8 Å². The van der Waals surface area contributed by atoms with E-state index in [1.807, 2.05) is 6.92 Å². The first-order chi connectivity index (χ1) is 12.4. The second-order valence-corrected chi connectivity index (χ2v) is 6.28. The maximum atomic E-state index is 13.7. The number of halogens is 1. The summed E-state index contributed by atoms with van der Waals surface area (Å²) in [5.41, 5.74) is 0.720. The predicted octanol–water partition coefficient (Wildman–Crippen LogP) is 4.20. The van der Waals surface area contributed by atoms with Gasteiger partial charge in [-0.2, -0.15) is 12.6 Å². The number of hydrogen-bond donors (Lipinski definition) is 2. The lowest BCUT2D eigenvalue weighted by Gasteiger charge is -2.16. The Morgan fingerprint density at radius 3 is 2.69 bits per heavy atom. The summed E-state index contributed by atoms with van der Waals surface area (Å²) in [6.45, 7) is 5.32. The molecular weight excluding hydrogens is 355 g/mol. The Hall–Kier alpha value is -1.89. The minimum atomic E-state index is -0.672. The van der Waals surface area contributed by atoms with E-state index in [2.05, 4.69) is 22.9 Å². The zero-order chi connectivity index (χ0) is 19.5. The van der Waals surface area contributed by atoms with Crippen molar-refractivity contribution in [1.29, 1.82) is 0 Å². The maximum Gasteiger partial charge on any atom is 0.340 e. The quantitative estimate of drug-likeness (QED) is 0.276. The first kappa shape index (κ1) is 22.2. The number of aryl methyl sites for hydroxylation is 1.